The van der Waals surface area contributed by atoms with Gasteiger partial charge in [-0.15, -0.1) is 5.10 Å². The van der Waals surface area contributed by atoms with Crippen LogP contribution in [0.4, 0.5) is 0 Å². The lowest BCUT2D eigenvalue weighted by Crippen LogP contribution is -2.43. The minimum atomic E-state index is -0.428. The van der Waals surface area contributed by atoms with Crippen LogP contribution in [0.25, 0.3) is 11.5 Å². The van der Waals surface area contributed by atoms with Crippen LogP contribution in [0.2, 0.25) is 0 Å². The van der Waals surface area contributed by atoms with E-state index in [-0.39, 0.29) is 6.10 Å². The molecule has 0 N–H and O–H groups in total. The Morgan fingerprint density at radius 2 is 2.15 bits per heavy atom. The molecule has 20 heavy (non-hydrogen) atoms. The fourth-order valence-corrected chi connectivity index (χ4v) is 2.30. The fraction of sp³-hybridized carbons (Fsp3) is 0.429. The predicted octanol–water partition coefficient (Wildman–Crippen LogP) is 1.18. The minimum Gasteiger partial charge on any atom is -0.388 e. The third kappa shape index (κ3) is 2.81. The SMILES string of the molecule is CC1CN(Cn2nc(-c3ccccc3)oc2=O)CCO1. The van der Waals surface area contributed by atoms with Crippen LogP contribution < -0.4 is 5.76 Å². The molecule has 2 aromatic rings. The van der Waals surface area contributed by atoms with E-state index in [0.29, 0.717) is 19.2 Å². The average Bonchev–Trinajstić information content (AvgIpc) is 2.81. The molecule has 2 heterocycles. The number of nitrogens with zero attached hydrogens (tertiary/aromatic N) is 3. The topological polar surface area (TPSA) is 60.5 Å². The molecule has 0 aliphatic carbocycles. The first-order chi connectivity index (χ1) is 9.72. The number of hydrogen-bond acceptors (Lipinski definition) is 5. The summed E-state index contributed by atoms with van der Waals surface area (Å²) in [4.78, 5) is 14.0. The second-order valence-electron chi connectivity index (χ2n) is 4.94. The number of ether oxygens (including phenoxy) is 1. The van der Waals surface area contributed by atoms with Gasteiger partial charge in [-0.25, -0.2) is 4.79 Å². The zero-order valence-electron chi connectivity index (χ0n) is 11.4. The van der Waals surface area contributed by atoms with E-state index in [1.807, 2.05) is 37.3 Å². The normalized spacial score (nSPS) is 20.1. The van der Waals surface area contributed by atoms with Crippen LogP contribution in [0.15, 0.2) is 39.5 Å². The van der Waals surface area contributed by atoms with Crippen molar-refractivity contribution in [3.05, 3.63) is 40.9 Å². The molecule has 1 fully saturated rings. The molecule has 1 unspecified atom stereocenters. The maximum absolute atomic E-state index is 11.8. The summed E-state index contributed by atoms with van der Waals surface area (Å²) in [5.41, 5.74) is 0.804. The molecule has 0 radical (unpaired) electrons. The molecule has 1 aliphatic rings. The zero-order chi connectivity index (χ0) is 13.9. The molecule has 0 saturated carbocycles. The van der Waals surface area contributed by atoms with Crippen molar-refractivity contribution in [2.75, 3.05) is 19.7 Å². The Hall–Kier alpha value is -1.92. The summed E-state index contributed by atoms with van der Waals surface area (Å²) in [7, 11) is 0. The lowest BCUT2D eigenvalue weighted by Gasteiger charge is -2.30. The molecule has 6 heteroatoms. The Balaban J connectivity index is 1.78. The Morgan fingerprint density at radius 1 is 1.35 bits per heavy atom. The van der Waals surface area contributed by atoms with Gasteiger partial charge in [0.15, 0.2) is 0 Å². The Morgan fingerprint density at radius 3 is 2.90 bits per heavy atom. The maximum atomic E-state index is 11.8. The van der Waals surface area contributed by atoms with E-state index in [1.165, 1.54) is 4.68 Å². The quantitative estimate of drug-likeness (QED) is 0.842. The maximum Gasteiger partial charge on any atom is 0.438 e. The van der Waals surface area contributed by atoms with Crippen molar-refractivity contribution in [1.29, 1.82) is 0 Å². The molecule has 0 amide bonds. The van der Waals surface area contributed by atoms with Gasteiger partial charge < -0.3 is 9.15 Å². The van der Waals surface area contributed by atoms with Crippen LogP contribution in [0.1, 0.15) is 6.92 Å². The second-order valence-corrected chi connectivity index (χ2v) is 4.94. The van der Waals surface area contributed by atoms with E-state index >= 15 is 0 Å². The predicted molar refractivity (Wildman–Crippen MR) is 73.2 cm³/mol. The van der Waals surface area contributed by atoms with Gasteiger partial charge in [0.05, 0.1) is 12.7 Å². The van der Waals surface area contributed by atoms with Crippen LogP contribution in [-0.4, -0.2) is 40.5 Å². The van der Waals surface area contributed by atoms with E-state index in [1.54, 1.807) is 0 Å². The van der Waals surface area contributed by atoms with Gasteiger partial charge in [-0.1, -0.05) is 18.2 Å². The van der Waals surface area contributed by atoms with Crippen molar-refractivity contribution in [3.63, 3.8) is 0 Å². The van der Waals surface area contributed by atoms with Gasteiger partial charge in [-0.05, 0) is 19.1 Å². The van der Waals surface area contributed by atoms with Gasteiger partial charge in [-0.3, -0.25) is 4.90 Å². The molecule has 1 saturated heterocycles. The summed E-state index contributed by atoms with van der Waals surface area (Å²) in [6.45, 7) is 4.72. The summed E-state index contributed by atoms with van der Waals surface area (Å²) in [6, 6.07) is 9.42. The van der Waals surface area contributed by atoms with Crippen molar-refractivity contribution in [2.24, 2.45) is 0 Å². The van der Waals surface area contributed by atoms with Gasteiger partial charge in [0.25, 0.3) is 0 Å². The monoisotopic (exact) mass is 275 g/mol. The lowest BCUT2D eigenvalue weighted by atomic mass is 10.2. The number of morpholine rings is 1. The summed E-state index contributed by atoms with van der Waals surface area (Å²) in [5.74, 6) is -0.0695. The van der Waals surface area contributed by atoms with E-state index in [4.69, 9.17) is 9.15 Å². The Kier molecular flexibility index (Phi) is 3.66. The van der Waals surface area contributed by atoms with Crippen molar-refractivity contribution < 1.29 is 9.15 Å². The minimum absolute atomic E-state index is 0.181. The summed E-state index contributed by atoms with van der Waals surface area (Å²) >= 11 is 0. The fourth-order valence-electron chi connectivity index (χ4n) is 2.30. The van der Waals surface area contributed by atoms with Crippen LogP contribution >= 0.6 is 0 Å². The van der Waals surface area contributed by atoms with E-state index < -0.39 is 5.76 Å². The Bertz CT molecular complexity index is 620. The Labute approximate surface area is 116 Å². The molecular weight excluding hydrogens is 258 g/mol. The smallest absolute Gasteiger partial charge is 0.388 e. The van der Waals surface area contributed by atoms with E-state index in [2.05, 4.69) is 10.00 Å². The van der Waals surface area contributed by atoms with Gasteiger partial charge in [-0.2, -0.15) is 4.68 Å². The molecule has 6 nitrogen and oxygen atoms in total. The third-order valence-corrected chi connectivity index (χ3v) is 3.29. The number of aromatic nitrogens is 2. The molecule has 106 valence electrons. The lowest BCUT2D eigenvalue weighted by molar-refractivity contribution is -0.0312. The van der Waals surface area contributed by atoms with Crippen LogP contribution in [0, 0.1) is 0 Å². The molecule has 1 aromatic heterocycles. The standard InChI is InChI=1S/C14H17N3O3/c1-11-9-16(7-8-19-11)10-17-14(18)20-13(15-17)12-5-3-2-4-6-12/h2-6,11H,7-10H2,1H3. The van der Waals surface area contributed by atoms with Crippen LogP contribution in [-0.2, 0) is 11.4 Å². The highest BCUT2D eigenvalue weighted by molar-refractivity contribution is 5.51. The highest BCUT2D eigenvalue weighted by Crippen LogP contribution is 2.14. The van der Waals surface area contributed by atoms with Gasteiger partial charge in [0.1, 0.15) is 6.67 Å². The summed E-state index contributed by atoms with van der Waals surface area (Å²) in [5, 5.41) is 4.25. The van der Waals surface area contributed by atoms with E-state index in [0.717, 1.165) is 18.7 Å². The van der Waals surface area contributed by atoms with Gasteiger partial charge in [0.2, 0.25) is 5.89 Å². The third-order valence-electron chi connectivity index (χ3n) is 3.29. The van der Waals surface area contributed by atoms with Crippen molar-refractivity contribution in [2.45, 2.75) is 19.7 Å². The first-order valence-electron chi connectivity index (χ1n) is 6.70. The molecule has 0 spiro atoms. The van der Waals surface area contributed by atoms with Crippen molar-refractivity contribution in [3.8, 4) is 11.5 Å². The molecule has 1 aromatic carbocycles. The average molecular weight is 275 g/mol. The number of hydrogen-bond donors (Lipinski definition) is 0. The van der Waals surface area contributed by atoms with Gasteiger partial charge >= 0.3 is 5.76 Å². The van der Waals surface area contributed by atoms with Gasteiger partial charge in [0, 0.05) is 18.7 Å². The van der Waals surface area contributed by atoms with Crippen molar-refractivity contribution in [1.82, 2.24) is 14.7 Å². The molecule has 0 bridgehead atoms. The molecule has 1 atom stereocenters. The second kappa shape index (κ2) is 5.60. The molecule has 3 rings (SSSR count). The van der Waals surface area contributed by atoms with E-state index in [9.17, 15) is 4.79 Å². The highest BCUT2D eigenvalue weighted by Gasteiger charge is 2.19. The highest BCUT2D eigenvalue weighted by atomic mass is 16.5. The molecular formula is C14H17N3O3. The largest absolute Gasteiger partial charge is 0.438 e. The van der Waals surface area contributed by atoms with Crippen LogP contribution in [0.5, 0.6) is 0 Å². The summed E-state index contributed by atoms with van der Waals surface area (Å²) in [6.07, 6.45) is 0.181. The number of rotatable bonds is 3. The first kappa shape index (κ1) is 13.1. The zero-order valence-corrected chi connectivity index (χ0v) is 11.4. The van der Waals surface area contributed by atoms with Crippen molar-refractivity contribution >= 4 is 0 Å². The first-order valence-corrected chi connectivity index (χ1v) is 6.70. The number of benzene rings is 1. The summed E-state index contributed by atoms with van der Waals surface area (Å²) < 4.78 is 12.0. The van der Waals surface area contributed by atoms with Crippen LogP contribution in [0.3, 0.4) is 0 Å². The molecule has 1 aliphatic heterocycles.